The molecular formula is C24H26N2O2. The lowest BCUT2D eigenvalue weighted by Gasteiger charge is -2.31. The molecule has 0 bridgehead atoms. The van der Waals surface area contributed by atoms with E-state index in [1.54, 1.807) is 0 Å². The molecule has 4 heteroatoms. The van der Waals surface area contributed by atoms with E-state index in [1.165, 1.54) is 21.9 Å². The summed E-state index contributed by atoms with van der Waals surface area (Å²) >= 11 is 0. The molecule has 1 aliphatic heterocycles. The first kappa shape index (κ1) is 18.6. The minimum atomic E-state index is -0.0600. The Hall–Kier alpha value is -2.72. The molecular weight excluding hydrogens is 348 g/mol. The number of carbonyl (C=O) groups excluding carboxylic acids is 1. The van der Waals surface area contributed by atoms with Gasteiger partial charge in [-0.25, -0.2) is 0 Å². The zero-order chi connectivity index (χ0) is 19.3. The summed E-state index contributed by atoms with van der Waals surface area (Å²) in [7, 11) is 0. The van der Waals surface area contributed by atoms with E-state index in [2.05, 4.69) is 58.4 Å². The van der Waals surface area contributed by atoms with Crippen LogP contribution in [0.15, 0.2) is 60.9 Å². The molecule has 0 saturated carbocycles. The lowest BCUT2D eigenvalue weighted by Crippen LogP contribution is -2.38. The largest absolute Gasteiger partial charge is 0.466 e. The Kier molecular flexibility index (Phi) is 5.68. The molecule has 2 aromatic carbocycles. The van der Waals surface area contributed by atoms with Crippen molar-refractivity contribution in [3.63, 3.8) is 0 Å². The molecule has 0 unspecified atom stereocenters. The second-order valence-corrected chi connectivity index (χ2v) is 7.47. The zero-order valence-electron chi connectivity index (χ0n) is 16.3. The molecule has 1 aromatic heterocycles. The van der Waals surface area contributed by atoms with Gasteiger partial charge in [0.2, 0.25) is 0 Å². The van der Waals surface area contributed by atoms with Crippen LogP contribution in [0.4, 0.5) is 0 Å². The van der Waals surface area contributed by atoms with Gasteiger partial charge in [-0.1, -0.05) is 36.4 Å². The van der Waals surface area contributed by atoms with Gasteiger partial charge in [0, 0.05) is 31.0 Å². The standard InChI is InChI=1S/C24H26N2O2/c1-2-28-24(27)22-8-5-11-26(17-22)16-18-12-23(15-25-14-18)21-10-9-19-6-3-4-7-20(19)13-21/h3-4,6-7,9-10,12-15,22H,2,5,8,11,16-17H2,1H3/t22-/m1/s1. The number of fused-ring (bicyclic) bond motifs is 1. The number of piperidine rings is 1. The molecule has 2 heterocycles. The summed E-state index contributed by atoms with van der Waals surface area (Å²) in [6.07, 6.45) is 5.80. The van der Waals surface area contributed by atoms with Crippen LogP contribution in [0, 0.1) is 5.92 Å². The fraction of sp³-hybridized carbons (Fsp3) is 0.333. The highest BCUT2D eigenvalue weighted by atomic mass is 16.5. The van der Waals surface area contributed by atoms with Crippen LogP contribution in [0.2, 0.25) is 0 Å². The number of rotatable bonds is 5. The van der Waals surface area contributed by atoms with Gasteiger partial charge in [0.25, 0.3) is 0 Å². The topological polar surface area (TPSA) is 42.4 Å². The number of ether oxygens (including phenoxy) is 1. The fourth-order valence-corrected chi connectivity index (χ4v) is 4.01. The molecule has 1 saturated heterocycles. The number of likely N-dealkylation sites (tertiary alicyclic amines) is 1. The molecule has 0 aliphatic carbocycles. The van der Waals surface area contributed by atoms with Crippen molar-refractivity contribution in [3.05, 3.63) is 66.5 Å². The third kappa shape index (κ3) is 4.23. The summed E-state index contributed by atoms with van der Waals surface area (Å²) < 4.78 is 5.21. The number of benzene rings is 2. The minimum absolute atomic E-state index is 0.00895. The molecule has 1 atom stereocenters. The molecule has 144 valence electrons. The number of hydrogen-bond donors (Lipinski definition) is 0. The summed E-state index contributed by atoms with van der Waals surface area (Å²) in [5.41, 5.74) is 3.48. The number of esters is 1. The molecule has 0 amide bonds. The maximum absolute atomic E-state index is 12.1. The Morgan fingerprint density at radius 3 is 2.82 bits per heavy atom. The van der Waals surface area contributed by atoms with Crippen molar-refractivity contribution in [1.82, 2.24) is 9.88 Å². The van der Waals surface area contributed by atoms with Crippen LogP contribution < -0.4 is 0 Å². The van der Waals surface area contributed by atoms with Gasteiger partial charge in [-0.2, -0.15) is 0 Å². The Balaban J connectivity index is 1.49. The summed E-state index contributed by atoms with van der Waals surface area (Å²) in [4.78, 5) is 18.9. The van der Waals surface area contributed by atoms with Gasteiger partial charge >= 0.3 is 5.97 Å². The highest BCUT2D eigenvalue weighted by molar-refractivity contribution is 5.87. The first-order valence-corrected chi connectivity index (χ1v) is 10.0. The molecule has 0 N–H and O–H groups in total. The minimum Gasteiger partial charge on any atom is -0.466 e. The average molecular weight is 374 g/mol. The van der Waals surface area contributed by atoms with Crippen molar-refractivity contribution < 1.29 is 9.53 Å². The normalized spacial score (nSPS) is 17.5. The first-order valence-electron chi connectivity index (χ1n) is 10.0. The highest BCUT2D eigenvalue weighted by Gasteiger charge is 2.26. The number of nitrogens with zero attached hydrogens (tertiary/aromatic N) is 2. The van der Waals surface area contributed by atoms with Crippen LogP contribution in [0.3, 0.4) is 0 Å². The molecule has 0 spiro atoms. The van der Waals surface area contributed by atoms with E-state index < -0.39 is 0 Å². The number of pyridine rings is 1. The number of hydrogen-bond acceptors (Lipinski definition) is 4. The Morgan fingerprint density at radius 2 is 1.96 bits per heavy atom. The lowest BCUT2D eigenvalue weighted by molar-refractivity contribution is -0.150. The Morgan fingerprint density at radius 1 is 1.11 bits per heavy atom. The van der Waals surface area contributed by atoms with Gasteiger partial charge in [-0.05, 0) is 60.3 Å². The van der Waals surface area contributed by atoms with Gasteiger partial charge in [0.1, 0.15) is 0 Å². The van der Waals surface area contributed by atoms with Crippen molar-refractivity contribution in [2.75, 3.05) is 19.7 Å². The van der Waals surface area contributed by atoms with Crippen molar-refractivity contribution in [1.29, 1.82) is 0 Å². The Bertz CT molecular complexity index is 969. The maximum atomic E-state index is 12.1. The molecule has 3 aromatic rings. The fourth-order valence-electron chi connectivity index (χ4n) is 4.01. The summed E-state index contributed by atoms with van der Waals surface area (Å²) in [6.45, 7) is 4.90. The third-order valence-electron chi connectivity index (χ3n) is 5.41. The molecule has 4 nitrogen and oxygen atoms in total. The van der Waals surface area contributed by atoms with Gasteiger partial charge in [0.05, 0.1) is 12.5 Å². The maximum Gasteiger partial charge on any atom is 0.310 e. The van der Waals surface area contributed by atoms with Gasteiger partial charge in [-0.15, -0.1) is 0 Å². The molecule has 1 aliphatic rings. The van der Waals surface area contributed by atoms with E-state index in [9.17, 15) is 4.79 Å². The average Bonchev–Trinajstić information content (AvgIpc) is 2.74. The van der Waals surface area contributed by atoms with Crippen LogP contribution in [0.25, 0.3) is 21.9 Å². The van der Waals surface area contributed by atoms with E-state index in [0.717, 1.165) is 38.0 Å². The summed E-state index contributed by atoms with van der Waals surface area (Å²) in [5.74, 6) is -0.0689. The van der Waals surface area contributed by atoms with Crippen LogP contribution >= 0.6 is 0 Å². The molecule has 4 rings (SSSR count). The quantitative estimate of drug-likeness (QED) is 0.608. The monoisotopic (exact) mass is 374 g/mol. The van der Waals surface area contributed by atoms with Crippen molar-refractivity contribution in [3.8, 4) is 11.1 Å². The molecule has 28 heavy (non-hydrogen) atoms. The van der Waals surface area contributed by atoms with Crippen LogP contribution in [0.1, 0.15) is 25.3 Å². The van der Waals surface area contributed by atoms with Gasteiger partial charge in [0.15, 0.2) is 0 Å². The van der Waals surface area contributed by atoms with E-state index in [4.69, 9.17) is 4.74 Å². The van der Waals surface area contributed by atoms with E-state index in [0.29, 0.717) is 6.61 Å². The highest BCUT2D eigenvalue weighted by Crippen LogP contribution is 2.26. The predicted octanol–water partition coefficient (Wildman–Crippen LogP) is 4.68. The van der Waals surface area contributed by atoms with Crippen molar-refractivity contribution in [2.24, 2.45) is 5.92 Å². The van der Waals surface area contributed by atoms with Crippen molar-refractivity contribution >= 4 is 16.7 Å². The van der Waals surface area contributed by atoms with Crippen LogP contribution in [-0.4, -0.2) is 35.5 Å². The van der Waals surface area contributed by atoms with Gasteiger partial charge < -0.3 is 4.74 Å². The third-order valence-corrected chi connectivity index (χ3v) is 5.41. The second-order valence-electron chi connectivity index (χ2n) is 7.47. The summed E-state index contributed by atoms with van der Waals surface area (Å²) in [5, 5.41) is 2.48. The zero-order valence-corrected chi connectivity index (χ0v) is 16.3. The first-order chi connectivity index (χ1) is 13.7. The number of carbonyl (C=O) groups is 1. The molecule has 0 radical (unpaired) electrons. The van der Waals surface area contributed by atoms with Gasteiger partial charge in [-0.3, -0.25) is 14.7 Å². The van der Waals surface area contributed by atoms with Crippen molar-refractivity contribution in [2.45, 2.75) is 26.3 Å². The second kappa shape index (κ2) is 8.53. The smallest absolute Gasteiger partial charge is 0.310 e. The van der Waals surface area contributed by atoms with E-state index in [1.807, 2.05) is 19.3 Å². The van der Waals surface area contributed by atoms with Crippen LogP contribution in [0.5, 0.6) is 0 Å². The SMILES string of the molecule is CCOC(=O)[C@@H]1CCCN(Cc2cncc(-c3ccc4ccccc4c3)c2)C1. The van der Waals surface area contributed by atoms with E-state index >= 15 is 0 Å². The lowest BCUT2D eigenvalue weighted by atomic mass is 9.97. The summed E-state index contributed by atoms with van der Waals surface area (Å²) in [6, 6.07) is 17.1. The molecule has 1 fully saturated rings. The Labute approximate surface area is 166 Å². The number of aromatic nitrogens is 1. The van der Waals surface area contributed by atoms with Crippen LogP contribution in [-0.2, 0) is 16.1 Å². The predicted molar refractivity (Wildman–Crippen MR) is 112 cm³/mol. The van der Waals surface area contributed by atoms with E-state index in [-0.39, 0.29) is 11.9 Å².